The summed E-state index contributed by atoms with van der Waals surface area (Å²) in [7, 11) is -4.11. The molecule has 5 atom stereocenters. The molecule has 40 heavy (non-hydrogen) atoms. The van der Waals surface area contributed by atoms with Gasteiger partial charge in [0.15, 0.2) is 22.4 Å². The molecule has 0 aromatic carbocycles. The van der Waals surface area contributed by atoms with Crippen LogP contribution in [-0.2, 0) is 27.9 Å². The van der Waals surface area contributed by atoms with Gasteiger partial charge in [0.25, 0.3) is 0 Å². The molecule has 0 amide bonds. The first kappa shape index (κ1) is 35.0. The zero-order chi connectivity index (χ0) is 30.8. The molecule has 2 rings (SSSR count). The number of hydrogen-bond acceptors (Lipinski definition) is 6. The van der Waals surface area contributed by atoms with Crippen molar-refractivity contribution in [3.63, 3.8) is 0 Å². The summed E-state index contributed by atoms with van der Waals surface area (Å²) in [5.41, 5.74) is -0.830. The molecule has 0 aliphatic carbocycles. The third-order valence-corrected chi connectivity index (χ3v) is 18.2. The highest BCUT2D eigenvalue weighted by Crippen LogP contribution is 2.45. The van der Waals surface area contributed by atoms with Crippen molar-refractivity contribution >= 4 is 22.6 Å². The smallest absolute Gasteiger partial charge is 0.331 e. The van der Waals surface area contributed by atoms with Gasteiger partial charge in [-0.3, -0.25) is 0 Å². The van der Waals surface area contributed by atoms with Crippen molar-refractivity contribution in [2.45, 2.75) is 148 Å². The number of terminal acetylenes is 1. The van der Waals surface area contributed by atoms with Crippen LogP contribution in [-0.4, -0.2) is 58.9 Å². The Morgan fingerprint density at radius 2 is 1.70 bits per heavy atom. The van der Waals surface area contributed by atoms with E-state index in [2.05, 4.69) is 80.6 Å². The van der Waals surface area contributed by atoms with Crippen molar-refractivity contribution in [3.8, 4) is 12.3 Å². The molecule has 6 nitrogen and oxygen atoms in total. The Bertz CT molecular complexity index is 979. The van der Waals surface area contributed by atoms with E-state index in [-0.39, 0.29) is 34.2 Å². The Hall–Kier alpha value is -1.22. The number of hydrogen-bond donors (Lipinski definition) is 0. The van der Waals surface area contributed by atoms with Gasteiger partial charge in [-0.2, -0.15) is 0 Å². The molecule has 8 heteroatoms. The van der Waals surface area contributed by atoms with Gasteiger partial charge < -0.3 is 23.1 Å². The van der Waals surface area contributed by atoms with Crippen LogP contribution in [0.5, 0.6) is 0 Å². The SMILES string of the molecule is C#C[C@H](C[C@H]1OC(C)(C)O[C@@]1(/C=C/[C@@H]1OC(=O)C=C[C@@H]1CC)CCO[Si](C)(C)C(C)(C)C)O[Si](C)(C)C(C)(C)C. The average Bonchev–Trinajstić information content (AvgIpc) is 3.04. The predicted octanol–water partition coefficient (Wildman–Crippen LogP) is 7.77. The highest BCUT2D eigenvalue weighted by Gasteiger charge is 2.53. The Morgan fingerprint density at radius 3 is 2.23 bits per heavy atom. The molecular formula is C32H56O6Si2. The summed E-state index contributed by atoms with van der Waals surface area (Å²) < 4.78 is 32.3. The van der Waals surface area contributed by atoms with Crippen LogP contribution in [0.25, 0.3) is 0 Å². The van der Waals surface area contributed by atoms with Crippen LogP contribution < -0.4 is 0 Å². The summed E-state index contributed by atoms with van der Waals surface area (Å²) >= 11 is 0. The Morgan fingerprint density at radius 1 is 1.10 bits per heavy atom. The second kappa shape index (κ2) is 12.6. The van der Waals surface area contributed by atoms with Crippen LogP contribution >= 0.6 is 0 Å². The fourth-order valence-electron chi connectivity index (χ4n) is 4.61. The zero-order valence-electron chi connectivity index (χ0n) is 27.5. The fourth-order valence-corrected chi connectivity index (χ4v) is 6.89. The largest absolute Gasteiger partial charge is 0.454 e. The van der Waals surface area contributed by atoms with Crippen LogP contribution in [0, 0.1) is 18.3 Å². The van der Waals surface area contributed by atoms with Crippen LogP contribution in [0.15, 0.2) is 24.3 Å². The third kappa shape index (κ3) is 8.65. The molecule has 0 aromatic heterocycles. The molecule has 0 unspecified atom stereocenters. The topological polar surface area (TPSA) is 63.2 Å². The van der Waals surface area contributed by atoms with E-state index in [0.29, 0.717) is 19.4 Å². The molecule has 0 N–H and O–H groups in total. The molecule has 1 saturated heterocycles. The highest BCUT2D eigenvalue weighted by atomic mass is 28.4. The first-order valence-electron chi connectivity index (χ1n) is 14.8. The number of rotatable bonds is 11. The molecule has 228 valence electrons. The van der Waals surface area contributed by atoms with Crippen molar-refractivity contribution in [1.29, 1.82) is 0 Å². The van der Waals surface area contributed by atoms with Crippen molar-refractivity contribution in [1.82, 2.24) is 0 Å². The monoisotopic (exact) mass is 592 g/mol. The lowest BCUT2D eigenvalue weighted by molar-refractivity contribution is -0.158. The molecule has 1 fully saturated rings. The number of ether oxygens (including phenoxy) is 3. The summed E-state index contributed by atoms with van der Waals surface area (Å²) in [5, 5.41) is 0.111. The third-order valence-electron chi connectivity index (χ3n) is 9.22. The molecule has 0 radical (unpaired) electrons. The Kier molecular flexibility index (Phi) is 11.0. The van der Waals surface area contributed by atoms with E-state index in [4.69, 9.17) is 29.5 Å². The standard InChI is InChI=1S/C32H56O6Si2/c1-15-24-17-18-28(33)35-26(24)19-20-32(21-22-34-39(11,12)29(3,4)5)27(36-31(9,10)38-32)23-25(16-2)37-40(13,14)30(6,7)8/h2,17-20,24-27H,15,21-23H2,1,3-14H3/b20-19+/t24-,25+,26-,27+,32-/m0/s1. The summed E-state index contributed by atoms with van der Waals surface area (Å²) in [6, 6.07) is 0. The molecule has 0 bridgehead atoms. The minimum atomic E-state index is -2.12. The van der Waals surface area contributed by atoms with Gasteiger partial charge in [-0.15, -0.1) is 6.42 Å². The summed E-state index contributed by atoms with van der Waals surface area (Å²) in [4.78, 5) is 12.1. The second-order valence-electron chi connectivity index (χ2n) is 14.9. The number of carbonyl (C=O) groups is 1. The van der Waals surface area contributed by atoms with Crippen LogP contribution in [0.4, 0.5) is 0 Å². The summed E-state index contributed by atoms with van der Waals surface area (Å²) in [6.07, 6.45) is 14.3. The second-order valence-corrected chi connectivity index (χ2v) is 24.4. The normalized spacial score (nSPS) is 28.5. The lowest BCUT2D eigenvalue weighted by atomic mass is 9.87. The predicted molar refractivity (Wildman–Crippen MR) is 168 cm³/mol. The van der Waals surface area contributed by atoms with Gasteiger partial charge in [0.05, 0.1) is 6.10 Å². The minimum Gasteiger partial charge on any atom is -0.454 e. The molecule has 2 aliphatic heterocycles. The van der Waals surface area contributed by atoms with Crippen molar-refractivity contribution in [2.24, 2.45) is 5.92 Å². The van der Waals surface area contributed by atoms with Gasteiger partial charge in [0.1, 0.15) is 17.8 Å². The average molecular weight is 593 g/mol. The van der Waals surface area contributed by atoms with E-state index in [1.807, 2.05) is 32.1 Å². The van der Waals surface area contributed by atoms with Gasteiger partial charge in [-0.1, -0.05) is 66.5 Å². The first-order valence-corrected chi connectivity index (χ1v) is 20.6. The fraction of sp³-hybridized carbons (Fsp3) is 0.781. The van der Waals surface area contributed by atoms with Gasteiger partial charge in [0, 0.05) is 31.4 Å². The molecule has 0 aromatic rings. The minimum absolute atomic E-state index is 0.0238. The number of cyclic esters (lactones) is 1. The Balaban J connectivity index is 2.45. The Labute approximate surface area is 246 Å². The first-order chi connectivity index (χ1) is 18.1. The maximum atomic E-state index is 12.1. The van der Waals surface area contributed by atoms with E-state index in [0.717, 1.165) is 6.42 Å². The quantitative estimate of drug-likeness (QED) is 0.106. The number of esters is 1. The lowest BCUT2D eigenvalue weighted by Gasteiger charge is -2.40. The van der Waals surface area contributed by atoms with E-state index in [1.54, 1.807) is 0 Å². The molecule has 0 saturated carbocycles. The van der Waals surface area contributed by atoms with Crippen molar-refractivity contribution in [2.75, 3.05) is 6.61 Å². The lowest BCUT2D eigenvalue weighted by Crippen LogP contribution is -2.47. The van der Waals surface area contributed by atoms with Gasteiger partial charge in [-0.05, 0) is 62.6 Å². The summed E-state index contributed by atoms with van der Waals surface area (Å²) in [5.74, 6) is 1.83. The highest BCUT2D eigenvalue weighted by molar-refractivity contribution is 6.74. The van der Waals surface area contributed by atoms with Crippen molar-refractivity contribution in [3.05, 3.63) is 24.3 Å². The van der Waals surface area contributed by atoms with E-state index >= 15 is 0 Å². The van der Waals surface area contributed by atoms with Crippen LogP contribution in [0.2, 0.25) is 36.3 Å². The zero-order valence-corrected chi connectivity index (χ0v) is 29.5. The van der Waals surface area contributed by atoms with Crippen LogP contribution in [0.1, 0.15) is 81.6 Å². The maximum Gasteiger partial charge on any atom is 0.331 e. The molecular weight excluding hydrogens is 537 g/mol. The van der Waals surface area contributed by atoms with Crippen molar-refractivity contribution < 1.29 is 27.9 Å². The molecule has 0 spiro atoms. The summed E-state index contributed by atoms with van der Waals surface area (Å²) in [6.45, 7) is 28.7. The van der Waals surface area contributed by atoms with E-state index in [9.17, 15) is 4.79 Å². The van der Waals surface area contributed by atoms with E-state index in [1.165, 1.54) is 6.08 Å². The van der Waals surface area contributed by atoms with Gasteiger partial charge >= 0.3 is 5.97 Å². The van der Waals surface area contributed by atoms with E-state index < -0.39 is 34.1 Å². The van der Waals surface area contributed by atoms with Crippen LogP contribution in [0.3, 0.4) is 0 Å². The molecule has 2 heterocycles. The maximum absolute atomic E-state index is 12.1. The van der Waals surface area contributed by atoms with Gasteiger partial charge in [-0.25, -0.2) is 4.79 Å². The van der Waals surface area contributed by atoms with Gasteiger partial charge in [0.2, 0.25) is 0 Å². The molecule has 2 aliphatic rings. The number of carbonyl (C=O) groups excluding carboxylic acids is 1.